The molecule has 0 aromatic heterocycles. The Morgan fingerprint density at radius 2 is 1.83 bits per heavy atom. The Labute approximate surface area is 139 Å². The molecular weight excluding hydrogens is 347 g/mol. The molecule has 2 rings (SSSR count). The molecule has 2 aromatic rings. The molecule has 1 amide bonds. The molecule has 0 bridgehead atoms. The van der Waals surface area contributed by atoms with Crippen LogP contribution < -0.4 is 5.32 Å². The highest BCUT2D eigenvalue weighted by molar-refractivity contribution is 6.31. The summed E-state index contributed by atoms with van der Waals surface area (Å²) in [5.74, 6) is -1.91. The fourth-order valence-electron chi connectivity index (χ4n) is 2.01. The zero-order valence-electron chi connectivity index (χ0n) is 12.0. The summed E-state index contributed by atoms with van der Waals surface area (Å²) in [6.45, 7) is 0. The van der Waals surface area contributed by atoms with Crippen LogP contribution in [0.4, 0.5) is 18.9 Å². The van der Waals surface area contributed by atoms with E-state index < -0.39 is 23.6 Å². The monoisotopic (exact) mass is 357 g/mol. The van der Waals surface area contributed by atoms with Crippen molar-refractivity contribution in [3.63, 3.8) is 0 Å². The highest BCUT2D eigenvalue weighted by Gasteiger charge is 2.30. The molecule has 0 aliphatic rings. The number of hydrogen-bond donors (Lipinski definition) is 2. The number of nitrogens with one attached hydrogen (secondary N) is 1. The second-order valence-corrected chi connectivity index (χ2v) is 5.34. The molecule has 126 valence electrons. The summed E-state index contributed by atoms with van der Waals surface area (Å²) in [6, 6.07) is 8.14. The van der Waals surface area contributed by atoms with Crippen LogP contribution in [0, 0.1) is 0 Å². The molecule has 2 aromatic carbocycles. The minimum atomic E-state index is -4.57. The number of alkyl halides is 3. The second-order valence-electron chi connectivity index (χ2n) is 4.90. The van der Waals surface area contributed by atoms with E-state index in [4.69, 9.17) is 16.7 Å². The Morgan fingerprint density at radius 1 is 1.12 bits per heavy atom. The average Bonchev–Trinajstić information content (AvgIpc) is 2.49. The Morgan fingerprint density at radius 3 is 2.46 bits per heavy atom. The third-order valence-corrected chi connectivity index (χ3v) is 3.35. The Bertz CT molecular complexity index is 790. The number of carboxylic acid groups (broad SMARTS) is 1. The number of halogens is 4. The molecule has 0 radical (unpaired) electrons. The van der Waals surface area contributed by atoms with Gasteiger partial charge in [0.05, 0.1) is 12.0 Å². The molecule has 0 atom stereocenters. The van der Waals surface area contributed by atoms with E-state index in [1.54, 1.807) is 0 Å². The van der Waals surface area contributed by atoms with Gasteiger partial charge in [-0.25, -0.2) is 0 Å². The standard InChI is InChI=1S/C16H11ClF3NO3/c17-12-5-4-9(7-14(22)23)13(8-12)21-15(24)10-2-1-3-11(6-10)16(18,19)20/h1-6,8H,7H2,(H,21,24)(H,22,23). The van der Waals surface area contributed by atoms with Crippen molar-refractivity contribution in [1.82, 2.24) is 0 Å². The van der Waals surface area contributed by atoms with Crippen molar-refractivity contribution in [3.05, 3.63) is 64.2 Å². The average molecular weight is 358 g/mol. The number of anilines is 1. The highest BCUT2D eigenvalue weighted by Crippen LogP contribution is 2.30. The topological polar surface area (TPSA) is 66.4 Å². The maximum absolute atomic E-state index is 12.7. The van der Waals surface area contributed by atoms with E-state index in [1.807, 2.05) is 0 Å². The molecule has 24 heavy (non-hydrogen) atoms. The molecule has 0 aliphatic heterocycles. The Kier molecular flexibility index (Phi) is 5.14. The van der Waals surface area contributed by atoms with Gasteiger partial charge in [0.25, 0.3) is 5.91 Å². The molecule has 2 N–H and O–H groups in total. The number of carbonyl (C=O) groups excluding carboxylic acids is 1. The lowest BCUT2D eigenvalue weighted by Crippen LogP contribution is -2.15. The fourth-order valence-corrected chi connectivity index (χ4v) is 2.19. The van der Waals surface area contributed by atoms with Gasteiger partial charge in [-0.05, 0) is 35.9 Å². The molecule has 0 unspecified atom stereocenters. The van der Waals surface area contributed by atoms with Crippen LogP contribution in [0.25, 0.3) is 0 Å². The van der Waals surface area contributed by atoms with Crippen LogP contribution in [0.3, 0.4) is 0 Å². The lowest BCUT2D eigenvalue weighted by molar-refractivity contribution is -0.138. The van der Waals surface area contributed by atoms with Crippen molar-refractivity contribution >= 4 is 29.2 Å². The van der Waals surface area contributed by atoms with Gasteiger partial charge in [0.1, 0.15) is 0 Å². The summed E-state index contributed by atoms with van der Waals surface area (Å²) in [5, 5.41) is 11.5. The first-order chi connectivity index (χ1) is 11.2. The fraction of sp³-hybridized carbons (Fsp3) is 0.125. The first-order valence-corrected chi connectivity index (χ1v) is 7.03. The van der Waals surface area contributed by atoms with Crippen LogP contribution >= 0.6 is 11.6 Å². The summed E-state index contributed by atoms with van der Waals surface area (Å²) >= 11 is 5.82. The predicted octanol–water partition coefficient (Wildman–Crippen LogP) is 4.24. The summed E-state index contributed by atoms with van der Waals surface area (Å²) < 4.78 is 38.1. The van der Waals surface area contributed by atoms with E-state index in [1.165, 1.54) is 24.3 Å². The van der Waals surface area contributed by atoms with Crippen LogP contribution in [0.15, 0.2) is 42.5 Å². The predicted molar refractivity (Wildman–Crippen MR) is 82.2 cm³/mol. The normalized spacial score (nSPS) is 11.2. The number of hydrogen-bond acceptors (Lipinski definition) is 2. The van der Waals surface area contributed by atoms with Crippen LogP contribution in [0.5, 0.6) is 0 Å². The Balaban J connectivity index is 2.30. The number of rotatable bonds is 4. The van der Waals surface area contributed by atoms with Crippen LogP contribution in [0.1, 0.15) is 21.5 Å². The minimum absolute atomic E-state index is 0.132. The van der Waals surface area contributed by atoms with Gasteiger partial charge in [-0.1, -0.05) is 23.7 Å². The SMILES string of the molecule is O=C(O)Cc1ccc(Cl)cc1NC(=O)c1cccc(C(F)(F)F)c1. The van der Waals surface area contributed by atoms with Crippen molar-refractivity contribution in [2.45, 2.75) is 12.6 Å². The molecule has 0 fully saturated rings. The van der Waals surface area contributed by atoms with E-state index in [0.29, 0.717) is 0 Å². The van der Waals surface area contributed by atoms with Gasteiger partial charge in [0, 0.05) is 16.3 Å². The number of carboxylic acids is 1. The number of benzene rings is 2. The second kappa shape index (κ2) is 6.92. The molecule has 0 heterocycles. The lowest BCUT2D eigenvalue weighted by Gasteiger charge is -2.12. The number of carbonyl (C=O) groups is 2. The molecule has 0 spiro atoms. The lowest BCUT2D eigenvalue weighted by atomic mass is 10.1. The number of aliphatic carboxylic acids is 1. The van der Waals surface area contributed by atoms with Gasteiger partial charge in [-0.15, -0.1) is 0 Å². The van der Waals surface area contributed by atoms with Crippen LogP contribution in [0.2, 0.25) is 5.02 Å². The van der Waals surface area contributed by atoms with Gasteiger partial charge in [-0.3, -0.25) is 9.59 Å². The minimum Gasteiger partial charge on any atom is -0.481 e. The van der Waals surface area contributed by atoms with Crippen molar-refractivity contribution in [1.29, 1.82) is 0 Å². The summed E-state index contributed by atoms with van der Waals surface area (Å²) in [5.41, 5.74) is -0.738. The first kappa shape index (κ1) is 17.8. The van der Waals surface area contributed by atoms with E-state index in [2.05, 4.69) is 5.32 Å². The maximum atomic E-state index is 12.7. The van der Waals surface area contributed by atoms with Crippen molar-refractivity contribution in [2.24, 2.45) is 0 Å². The van der Waals surface area contributed by atoms with E-state index >= 15 is 0 Å². The van der Waals surface area contributed by atoms with Gasteiger partial charge in [-0.2, -0.15) is 13.2 Å². The molecule has 0 saturated heterocycles. The third kappa shape index (κ3) is 4.48. The summed E-state index contributed by atoms with van der Waals surface area (Å²) in [4.78, 5) is 23.0. The van der Waals surface area contributed by atoms with Gasteiger partial charge in [0.2, 0.25) is 0 Å². The summed E-state index contributed by atoms with van der Waals surface area (Å²) in [7, 11) is 0. The Hall–Kier alpha value is -2.54. The van der Waals surface area contributed by atoms with Crippen molar-refractivity contribution in [2.75, 3.05) is 5.32 Å². The smallest absolute Gasteiger partial charge is 0.416 e. The van der Waals surface area contributed by atoms with Gasteiger partial charge in [0.15, 0.2) is 0 Å². The molecule has 0 aliphatic carbocycles. The third-order valence-electron chi connectivity index (χ3n) is 3.11. The van der Waals surface area contributed by atoms with Crippen LogP contribution in [-0.4, -0.2) is 17.0 Å². The number of amides is 1. The molecule has 4 nitrogen and oxygen atoms in total. The van der Waals surface area contributed by atoms with Gasteiger partial charge < -0.3 is 10.4 Å². The van der Waals surface area contributed by atoms with E-state index in [0.717, 1.165) is 18.2 Å². The highest BCUT2D eigenvalue weighted by atomic mass is 35.5. The van der Waals surface area contributed by atoms with Crippen molar-refractivity contribution in [3.8, 4) is 0 Å². The molecular formula is C16H11ClF3NO3. The van der Waals surface area contributed by atoms with E-state index in [-0.39, 0.29) is 28.3 Å². The molecule has 8 heteroatoms. The zero-order chi connectivity index (χ0) is 17.9. The largest absolute Gasteiger partial charge is 0.481 e. The molecule has 0 saturated carbocycles. The zero-order valence-corrected chi connectivity index (χ0v) is 12.8. The van der Waals surface area contributed by atoms with Crippen molar-refractivity contribution < 1.29 is 27.9 Å². The maximum Gasteiger partial charge on any atom is 0.416 e. The van der Waals surface area contributed by atoms with E-state index in [9.17, 15) is 22.8 Å². The first-order valence-electron chi connectivity index (χ1n) is 6.65. The quantitative estimate of drug-likeness (QED) is 0.860. The van der Waals surface area contributed by atoms with Gasteiger partial charge >= 0.3 is 12.1 Å². The summed E-state index contributed by atoms with van der Waals surface area (Å²) in [6.07, 6.45) is -4.93. The van der Waals surface area contributed by atoms with Crippen LogP contribution in [-0.2, 0) is 17.4 Å².